The van der Waals surface area contributed by atoms with Crippen LogP contribution in [0.3, 0.4) is 0 Å². The fourth-order valence-electron chi connectivity index (χ4n) is 5.63. The zero-order chi connectivity index (χ0) is 27.8. The largest absolute Gasteiger partial charge is 0.481 e. The molecule has 3 atom stereocenters. The quantitative estimate of drug-likeness (QED) is 0.379. The number of nitrogens with zero attached hydrogens (tertiary/aromatic N) is 3. The molecule has 2 heterocycles. The van der Waals surface area contributed by atoms with E-state index >= 15 is 0 Å². The topological polar surface area (TPSA) is 93.9 Å². The number of aromatic nitrogens is 2. The number of hydrogen-bond donors (Lipinski definition) is 1. The molecular weight excluding hydrogens is 518 g/mol. The summed E-state index contributed by atoms with van der Waals surface area (Å²) in [6.07, 6.45) is 3.92. The monoisotopic (exact) mass is 551 g/mol. The molecule has 206 valence electrons. The normalized spacial score (nSPS) is 23.6. The summed E-state index contributed by atoms with van der Waals surface area (Å²) in [4.78, 5) is 25.4. The molecule has 3 unspecified atom stereocenters. The second kappa shape index (κ2) is 10.7. The van der Waals surface area contributed by atoms with Gasteiger partial charge in [-0.3, -0.25) is 9.48 Å². The number of likely N-dealkylation sites (N-methyl/N-ethyl adjacent to an activating group) is 1. The molecule has 2 fully saturated rings. The third kappa shape index (κ3) is 5.82. The van der Waals surface area contributed by atoms with Crippen LogP contribution in [0, 0.1) is 5.92 Å². The maximum absolute atomic E-state index is 12.6. The third-order valence-electron chi connectivity index (χ3n) is 8.25. The number of halogens is 1. The average molecular weight is 552 g/mol. The van der Waals surface area contributed by atoms with Crippen molar-refractivity contribution in [1.82, 2.24) is 14.7 Å². The Morgan fingerprint density at radius 2 is 1.90 bits per heavy atom. The predicted molar refractivity (Wildman–Crippen MR) is 148 cm³/mol. The van der Waals surface area contributed by atoms with Crippen LogP contribution in [0.1, 0.15) is 43.0 Å². The summed E-state index contributed by atoms with van der Waals surface area (Å²) in [7, 11) is 3.56. The van der Waals surface area contributed by atoms with Crippen molar-refractivity contribution in [2.75, 3.05) is 20.2 Å². The van der Waals surface area contributed by atoms with Crippen molar-refractivity contribution >= 4 is 23.7 Å². The van der Waals surface area contributed by atoms with Crippen LogP contribution < -0.4 is 0 Å². The number of rotatable bonds is 9. The minimum absolute atomic E-state index is 0.0825. The average Bonchev–Trinajstić information content (AvgIpc) is 3.47. The molecule has 8 nitrogen and oxygen atoms in total. The van der Waals surface area contributed by atoms with E-state index in [0.29, 0.717) is 24.6 Å². The van der Waals surface area contributed by atoms with Crippen molar-refractivity contribution in [2.24, 2.45) is 13.0 Å². The van der Waals surface area contributed by atoms with E-state index in [4.69, 9.17) is 21.1 Å². The molecule has 3 aromatic rings. The van der Waals surface area contributed by atoms with Crippen LogP contribution in [0.25, 0.3) is 11.1 Å². The number of benzene rings is 2. The molecule has 2 aromatic carbocycles. The first-order chi connectivity index (χ1) is 18.6. The van der Waals surface area contributed by atoms with E-state index in [-0.39, 0.29) is 24.4 Å². The number of carboxylic acids is 1. The van der Waals surface area contributed by atoms with Gasteiger partial charge in [0.15, 0.2) is 0 Å². The highest BCUT2D eigenvalue weighted by Crippen LogP contribution is 2.59. The molecule has 1 amide bonds. The molecule has 1 aromatic heterocycles. The van der Waals surface area contributed by atoms with E-state index < -0.39 is 17.7 Å². The van der Waals surface area contributed by atoms with Gasteiger partial charge in [0.05, 0.1) is 30.5 Å². The molecule has 1 aliphatic carbocycles. The Labute approximate surface area is 233 Å². The SMILES string of the molecule is CN(CCc1ccc(Cl)cc1)C(=O)OCc1c(-c2ccc(C3(C)COC4(CC(=O)O)CC4C3)cc2)cnn1C. The van der Waals surface area contributed by atoms with Gasteiger partial charge in [-0.2, -0.15) is 5.10 Å². The number of ether oxygens (including phenoxy) is 2. The Bertz CT molecular complexity index is 1360. The van der Waals surface area contributed by atoms with Crippen LogP contribution in [0.4, 0.5) is 4.79 Å². The molecule has 1 aliphatic heterocycles. The molecule has 0 spiro atoms. The highest BCUT2D eigenvalue weighted by Gasteiger charge is 2.62. The van der Waals surface area contributed by atoms with Crippen LogP contribution >= 0.6 is 11.6 Å². The first-order valence-electron chi connectivity index (χ1n) is 13.2. The number of fused-ring (bicyclic) bond motifs is 1. The van der Waals surface area contributed by atoms with Gasteiger partial charge in [-0.25, -0.2) is 4.79 Å². The molecule has 0 radical (unpaired) electrons. The lowest BCUT2D eigenvalue weighted by Crippen LogP contribution is -2.39. The lowest BCUT2D eigenvalue weighted by Gasteiger charge is -2.37. The van der Waals surface area contributed by atoms with Crippen molar-refractivity contribution < 1.29 is 24.2 Å². The highest BCUT2D eigenvalue weighted by molar-refractivity contribution is 6.30. The van der Waals surface area contributed by atoms with Crippen LogP contribution in [0.15, 0.2) is 54.7 Å². The van der Waals surface area contributed by atoms with E-state index in [0.717, 1.165) is 35.2 Å². The second-order valence-electron chi connectivity index (χ2n) is 11.1. The zero-order valence-corrected chi connectivity index (χ0v) is 23.3. The Morgan fingerprint density at radius 1 is 1.18 bits per heavy atom. The summed E-state index contributed by atoms with van der Waals surface area (Å²) < 4.78 is 13.5. The highest BCUT2D eigenvalue weighted by atomic mass is 35.5. The summed E-state index contributed by atoms with van der Waals surface area (Å²) >= 11 is 5.95. The number of carbonyl (C=O) groups is 2. The predicted octanol–water partition coefficient (Wildman–Crippen LogP) is 5.46. The molecule has 5 rings (SSSR count). The van der Waals surface area contributed by atoms with Crippen molar-refractivity contribution in [3.63, 3.8) is 0 Å². The van der Waals surface area contributed by atoms with Crippen LogP contribution in [0.5, 0.6) is 0 Å². The van der Waals surface area contributed by atoms with E-state index in [1.54, 1.807) is 22.8 Å². The van der Waals surface area contributed by atoms with Crippen LogP contribution in [0.2, 0.25) is 5.02 Å². The first kappa shape index (κ1) is 27.2. The molecule has 1 saturated carbocycles. The lowest BCUT2D eigenvalue weighted by atomic mass is 9.76. The van der Waals surface area contributed by atoms with Gasteiger partial charge >= 0.3 is 12.1 Å². The summed E-state index contributed by atoms with van der Waals surface area (Å²) in [6, 6.07) is 15.9. The van der Waals surface area contributed by atoms with Gasteiger partial charge in [-0.05, 0) is 54.0 Å². The van der Waals surface area contributed by atoms with Crippen LogP contribution in [-0.2, 0) is 39.8 Å². The van der Waals surface area contributed by atoms with E-state index in [9.17, 15) is 14.7 Å². The summed E-state index contributed by atoms with van der Waals surface area (Å²) in [6.45, 7) is 3.33. The molecule has 9 heteroatoms. The van der Waals surface area contributed by atoms with Crippen LogP contribution in [-0.4, -0.2) is 57.6 Å². The smallest absolute Gasteiger partial charge is 0.409 e. The Balaban J connectivity index is 1.20. The van der Waals surface area contributed by atoms with Gasteiger partial charge in [-0.1, -0.05) is 54.9 Å². The molecule has 2 aliphatic rings. The number of carboxylic acid groups (broad SMARTS) is 1. The summed E-state index contributed by atoms with van der Waals surface area (Å²) in [5.41, 5.74) is 4.35. The molecule has 1 N–H and O–H groups in total. The summed E-state index contributed by atoms with van der Waals surface area (Å²) in [5, 5.41) is 14.3. The minimum Gasteiger partial charge on any atom is -0.481 e. The Kier molecular flexibility index (Phi) is 7.44. The minimum atomic E-state index is -0.798. The molecule has 1 saturated heterocycles. The molecular formula is C30H34ClN3O5. The number of aryl methyl sites for hydroxylation is 1. The maximum Gasteiger partial charge on any atom is 0.409 e. The lowest BCUT2D eigenvalue weighted by molar-refractivity contribution is -0.143. The van der Waals surface area contributed by atoms with Gasteiger partial charge in [-0.15, -0.1) is 0 Å². The van der Waals surface area contributed by atoms with Gasteiger partial charge < -0.3 is 19.5 Å². The Hall–Kier alpha value is -3.36. The zero-order valence-electron chi connectivity index (χ0n) is 22.5. The number of carbonyl (C=O) groups excluding carboxylic acids is 1. The standard InChI is InChI=1S/C30H34ClN3O5/c1-29(14-23-15-30(23,39-19-29)16-27(35)36)22-8-6-21(7-9-22)25-17-32-34(3)26(25)18-38-28(37)33(2)13-12-20-4-10-24(31)11-5-20/h4-11,17,23H,12-16,18-19H2,1-3H3,(H,35,36). The maximum atomic E-state index is 12.6. The van der Waals surface area contributed by atoms with Crippen molar-refractivity contribution in [2.45, 2.75) is 50.2 Å². The van der Waals surface area contributed by atoms with Gasteiger partial charge in [0.25, 0.3) is 0 Å². The van der Waals surface area contributed by atoms with E-state index in [2.05, 4.69) is 36.3 Å². The number of hydrogen-bond acceptors (Lipinski definition) is 5. The van der Waals surface area contributed by atoms with Crippen molar-refractivity contribution in [1.29, 1.82) is 0 Å². The third-order valence-corrected chi connectivity index (χ3v) is 8.50. The number of amides is 1. The Morgan fingerprint density at radius 3 is 2.56 bits per heavy atom. The fraction of sp³-hybridized carbons (Fsp3) is 0.433. The van der Waals surface area contributed by atoms with Gasteiger partial charge in [0.1, 0.15) is 6.61 Å². The van der Waals surface area contributed by atoms with E-state index in [1.807, 2.05) is 31.3 Å². The molecule has 0 bridgehead atoms. The van der Waals surface area contributed by atoms with Crippen molar-refractivity contribution in [3.8, 4) is 11.1 Å². The van der Waals surface area contributed by atoms with Gasteiger partial charge in [0.2, 0.25) is 0 Å². The molecule has 39 heavy (non-hydrogen) atoms. The van der Waals surface area contributed by atoms with E-state index in [1.165, 1.54) is 5.56 Å². The van der Waals surface area contributed by atoms with Gasteiger partial charge in [0, 0.05) is 36.6 Å². The number of aliphatic carboxylic acids is 1. The second-order valence-corrected chi connectivity index (χ2v) is 11.6. The summed E-state index contributed by atoms with van der Waals surface area (Å²) in [5.74, 6) is -0.510. The fourth-order valence-corrected chi connectivity index (χ4v) is 5.76. The van der Waals surface area contributed by atoms with Crippen molar-refractivity contribution in [3.05, 3.63) is 76.6 Å². The first-order valence-corrected chi connectivity index (χ1v) is 13.6.